The van der Waals surface area contributed by atoms with E-state index in [1.54, 1.807) is 0 Å². The van der Waals surface area contributed by atoms with Gasteiger partial charge in [0.2, 0.25) is 0 Å². The minimum Gasteiger partial charge on any atom is -0.393 e. The molecule has 4 saturated carbocycles. The number of ketones is 1. The van der Waals surface area contributed by atoms with Crippen molar-refractivity contribution in [3.8, 4) is 0 Å². The van der Waals surface area contributed by atoms with Crippen molar-refractivity contribution < 1.29 is 15.0 Å². The van der Waals surface area contributed by atoms with Crippen LogP contribution in [0, 0.1) is 34.5 Å². The number of aliphatic hydroxyl groups excluding tert-OH is 2. The van der Waals surface area contributed by atoms with Crippen LogP contribution in [-0.2, 0) is 4.79 Å². The molecule has 0 aliphatic heterocycles. The van der Waals surface area contributed by atoms with Gasteiger partial charge < -0.3 is 10.2 Å². The Labute approximate surface area is 133 Å². The van der Waals surface area contributed by atoms with Crippen LogP contribution in [0.4, 0.5) is 0 Å². The van der Waals surface area contributed by atoms with Crippen molar-refractivity contribution >= 4 is 5.78 Å². The Morgan fingerprint density at radius 2 is 1.64 bits per heavy atom. The van der Waals surface area contributed by atoms with Crippen LogP contribution in [0.5, 0.6) is 0 Å². The molecule has 3 nitrogen and oxygen atoms in total. The summed E-state index contributed by atoms with van der Waals surface area (Å²) in [7, 11) is 0. The number of aliphatic hydroxyl groups is 2. The maximum absolute atomic E-state index is 13.0. The minimum atomic E-state index is -0.218. The molecule has 0 radical (unpaired) electrons. The largest absolute Gasteiger partial charge is 0.393 e. The molecule has 2 N–H and O–H groups in total. The molecule has 4 aliphatic rings. The first-order chi connectivity index (χ1) is 10.4. The van der Waals surface area contributed by atoms with E-state index in [1.807, 2.05) is 0 Å². The first kappa shape index (κ1) is 15.1. The van der Waals surface area contributed by atoms with Gasteiger partial charge >= 0.3 is 0 Å². The quantitative estimate of drug-likeness (QED) is 0.723. The van der Waals surface area contributed by atoms with Crippen LogP contribution < -0.4 is 0 Å². The third-order valence-corrected chi connectivity index (χ3v) is 8.39. The molecule has 0 spiro atoms. The van der Waals surface area contributed by atoms with E-state index in [-0.39, 0.29) is 29.0 Å². The normalized spacial score (nSPS) is 57.9. The fourth-order valence-electron chi connectivity index (χ4n) is 6.88. The van der Waals surface area contributed by atoms with E-state index < -0.39 is 0 Å². The van der Waals surface area contributed by atoms with Gasteiger partial charge in [-0.15, -0.1) is 0 Å². The molecule has 4 fully saturated rings. The summed E-state index contributed by atoms with van der Waals surface area (Å²) in [4.78, 5) is 13.0. The maximum Gasteiger partial charge on any atom is 0.136 e. The maximum atomic E-state index is 13.0. The number of carbonyl (C=O) groups is 1. The summed E-state index contributed by atoms with van der Waals surface area (Å²) in [6.07, 6.45) is 7.07. The lowest BCUT2D eigenvalue weighted by Crippen LogP contribution is -2.57. The van der Waals surface area contributed by atoms with Crippen LogP contribution in [-0.4, -0.2) is 28.2 Å². The summed E-state index contributed by atoms with van der Waals surface area (Å²) in [5.74, 6) is 1.85. The smallest absolute Gasteiger partial charge is 0.136 e. The average Bonchev–Trinajstić information content (AvgIpc) is 2.77. The van der Waals surface area contributed by atoms with Gasteiger partial charge in [-0.25, -0.2) is 0 Å². The zero-order chi connectivity index (χ0) is 15.7. The zero-order valence-electron chi connectivity index (χ0n) is 13.9. The van der Waals surface area contributed by atoms with Gasteiger partial charge in [-0.1, -0.05) is 13.8 Å². The first-order valence-electron chi connectivity index (χ1n) is 9.25. The van der Waals surface area contributed by atoms with E-state index in [9.17, 15) is 15.0 Å². The number of hydrogen-bond acceptors (Lipinski definition) is 3. The molecule has 0 aromatic heterocycles. The Kier molecular flexibility index (Phi) is 3.30. The molecule has 4 rings (SSSR count). The summed E-state index contributed by atoms with van der Waals surface area (Å²) in [6.45, 7) is 4.61. The molecular formula is C19H30O3. The summed E-state index contributed by atoms with van der Waals surface area (Å²) in [6, 6.07) is 0. The predicted molar refractivity (Wildman–Crippen MR) is 84.1 cm³/mol. The molecule has 22 heavy (non-hydrogen) atoms. The molecule has 124 valence electrons. The highest BCUT2D eigenvalue weighted by Crippen LogP contribution is 2.65. The number of fused-ring (bicyclic) bond motifs is 5. The predicted octanol–water partition coefficient (Wildman–Crippen LogP) is 2.93. The summed E-state index contributed by atoms with van der Waals surface area (Å²) < 4.78 is 0. The van der Waals surface area contributed by atoms with E-state index >= 15 is 0 Å². The fourth-order valence-corrected chi connectivity index (χ4v) is 6.88. The SMILES string of the molecule is C[C@]12CC[C@H](O)C[C@@H]1CC(=O)[C@@H]1[C@H]2CC[C@]2(C)[C@@H](O)CC[C@@H]12. The standard InChI is InChI=1S/C19H30O3/c1-18-7-5-12(20)9-11(18)10-15(21)17-13-3-4-16(22)19(13,2)8-6-14(17)18/h11-14,16-17,20,22H,3-10H2,1-2H3/t11-,12+,13+,14-,16+,17+,18+,19+/m1/s1. The molecule has 0 aromatic rings. The van der Waals surface area contributed by atoms with Crippen molar-refractivity contribution in [3.63, 3.8) is 0 Å². The second-order valence-corrected chi connectivity index (χ2v) is 9.18. The first-order valence-corrected chi connectivity index (χ1v) is 9.25. The van der Waals surface area contributed by atoms with Gasteiger partial charge in [0.25, 0.3) is 0 Å². The van der Waals surface area contributed by atoms with Crippen molar-refractivity contribution in [1.82, 2.24) is 0 Å². The molecule has 0 unspecified atom stereocenters. The van der Waals surface area contributed by atoms with Crippen LogP contribution >= 0.6 is 0 Å². The van der Waals surface area contributed by atoms with Crippen LogP contribution in [0.2, 0.25) is 0 Å². The van der Waals surface area contributed by atoms with Crippen molar-refractivity contribution in [2.45, 2.75) is 77.4 Å². The molecular weight excluding hydrogens is 276 g/mol. The van der Waals surface area contributed by atoms with Crippen molar-refractivity contribution in [3.05, 3.63) is 0 Å². The summed E-state index contributed by atoms with van der Waals surface area (Å²) >= 11 is 0. The Morgan fingerprint density at radius 3 is 2.41 bits per heavy atom. The zero-order valence-corrected chi connectivity index (χ0v) is 13.9. The fraction of sp³-hybridized carbons (Fsp3) is 0.947. The second kappa shape index (κ2) is 4.80. The van der Waals surface area contributed by atoms with Crippen molar-refractivity contribution in [1.29, 1.82) is 0 Å². The van der Waals surface area contributed by atoms with Gasteiger partial charge in [-0.3, -0.25) is 4.79 Å². The Morgan fingerprint density at radius 1 is 0.955 bits per heavy atom. The molecule has 0 aromatic carbocycles. The summed E-state index contributed by atoms with van der Waals surface area (Å²) in [5, 5.41) is 20.5. The van der Waals surface area contributed by atoms with Gasteiger partial charge in [0.1, 0.15) is 5.78 Å². The lowest BCUT2D eigenvalue weighted by Gasteiger charge is -2.59. The van der Waals surface area contributed by atoms with Crippen LogP contribution in [0.1, 0.15) is 65.2 Å². The molecule has 0 heterocycles. The van der Waals surface area contributed by atoms with Gasteiger partial charge in [-0.2, -0.15) is 0 Å². The molecule has 0 saturated heterocycles. The third kappa shape index (κ3) is 1.84. The summed E-state index contributed by atoms with van der Waals surface area (Å²) in [5.41, 5.74) is 0.195. The van der Waals surface area contributed by atoms with E-state index in [0.29, 0.717) is 30.0 Å². The van der Waals surface area contributed by atoms with Crippen LogP contribution in [0.25, 0.3) is 0 Å². The third-order valence-electron chi connectivity index (χ3n) is 8.39. The van der Waals surface area contributed by atoms with Gasteiger partial charge in [0.15, 0.2) is 0 Å². The second-order valence-electron chi connectivity index (χ2n) is 9.18. The average molecular weight is 306 g/mol. The van der Waals surface area contributed by atoms with Crippen molar-refractivity contribution in [2.24, 2.45) is 34.5 Å². The van der Waals surface area contributed by atoms with Crippen LogP contribution in [0.3, 0.4) is 0 Å². The molecule has 3 heteroatoms. The number of carbonyl (C=O) groups excluding carboxylic acids is 1. The minimum absolute atomic E-state index is 0.0335. The highest BCUT2D eigenvalue weighted by Gasteiger charge is 2.62. The van der Waals surface area contributed by atoms with E-state index in [4.69, 9.17) is 0 Å². The number of Topliss-reactive ketones (excluding diaryl/α,β-unsaturated/α-hetero) is 1. The highest BCUT2D eigenvalue weighted by atomic mass is 16.3. The van der Waals surface area contributed by atoms with Gasteiger partial charge in [0.05, 0.1) is 12.2 Å². The molecule has 0 amide bonds. The Balaban J connectivity index is 1.69. The van der Waals surface area contributed by atoms with Crippen molar-refractivity contribution in [2.75, 3.05) is 0 Å². The van der Waals surface area contributed by atoms with E-state index in [1.165, 1.54) is 0 Å². The molecule has 0 bridgehead atoms. The lowest BCUT2D eigenvalue weighted by molar-refractivity contribution is -0.162. The number of hydrogen-bond donors (Lipinski definition) is 2. The highest BCUT2D eigenvalue weighted by molar-refractivity contribution is 5.83. The van der Waals surface area contributed by atoms with Gasteiger partial charge in [0, 0.05) is 12.3 Å². The van der Waals surface area contributed by atoms with Gasteiger partial charge in [-0.05, 0) is 73.5 Å². The van der Waals surface area contributed by atoms with Crippen LogP contribution in [0.15, 0.2) is 0 Å². The Bertz CT molecular complexity index is 489. The lowest BCUT2D eigenvalue weighted by atomic mass is 9.45. The topological polar surface area (TPSA) is 57.5 Å². The molecule has 4 aliphatic carbocycles. The van der Waals surface area contributed by atoms with E-state index in [0.717, 1.165) is 44.9 Å². The monoisotopic (exact) mass is 306 g/mol. The molecule has 8 atom stereocenters. The van der Waals surface area contributed by atoms with E-state index in [2.05, 4.69) is 13.8 Å². The Hall–Kier alpha value is -0.410. The number of rotatable bonds is 0.